The number of carbonyl (C=O) groups is 2. The van der Waals surface area contributed by atoms with E-state index in [1.807, 2.05) is 18.2 Å². The van der Waals surface area contributed by atoms with Crippen LogP contribution in [0.3, 0.4) is 0 Å². The van der Waals surface area contributed by atoms with Crippen molar-refractivity contribution >= 4 is 11.8 Å². The molecule has 0 aliphatic carbocycles. The molecule has 3 aliphatic heterocycles. The standard InChI is InChI=1S/C21H30N4O3/c26-19(22-8-12-24-10-4-5-11-24)18-15-25(14-17-6-2-1-3-7-17)16-21(18)20(27)23-9-13-28-21/h1-3,6-7,18H,4-5,8-16H2,(H,22,26)(H,23,27)/t18-,21-/m1/s1. The Morgan fingerprint density at radius 1 is 1.21 bits per heavy atom. The van der Waals surface area contributed by atoms with Gasteiger partial charge in [0.05, 0.1) is 12.5 Å². The van der Waals surface area contributed by atoms with Crippen molar-refractivity contribution in [2.24, 2.45) is 5.92 Å². The highest BCUT2D eigenvalue weighted by Gasteiger charge is 2.57. The molecule has 3 fully saturated rings. The van der Waals surface area contributed by atoms with Crippen LogP contribution in [-0.2, 0) is 20.9 Å². The quantitative estimate of drug-likeness (QED) is 0.732. The van der Waals surface area contributed by atoms with Gasteiger partial charge in [-0.2, -0.15) is 0 Å². The van der Waals surface area contributed by atoms with Gasteiger partial charge in [-0.1, -0.05) is 30.3 Å². The zero-order chi connectivity index (χ0) is 19.4. The Hall–Kier alpha value is -1.96. The normalized spacial score (nSPS) is 28.6. The minimum atomic E-state index is -1.08. The Bertz CT molecular complexity index is 692. The van der Waals surface area contributed by atoms with Gasteiger partial charge in [-0.15, -0.1) is 0 Å². The lowest BCUT2D eigenvalue weighted by atomic mass is 9.88. The molecule has 28 heavy (non-hydrogen) atoms. The summed E-state index contributed by atoms with van der Waals surface area (Å²) in [5, 5.41) is 5.97. The summed E-state index contributed by atoms with van der Waals surface area (Å²) in [4.78, 5) is 30.3. The Morgan fingerprint density at radius 3 is 2.75 bits per heavy atom. The van der Waals surface area contributed by atoms with E-state index in [0.29, 0.717) is 39.3 Å². The van der Waals surface area contributed by atoms with Crippen LogP contribution in [0.2, 0.25) is 0 Å². The van der Waals surface area contributed by atoms with Gasteiger partial charge < -0.3 is 20.3 Å². The van der Waals surface area contributed by atoms with E-state index in [0.717, 1.165) is 19.6 Å². The van der Waals surface area contributed by atoms with Gasteiger partial charge in [-0.3, -0.25) is 14.5 Å². The molecule has 0 bridgehead atoms. The lowest BCUT2D eigenvalue weighted by molar-refractivity contribution is -0.163. The first-order chi connectivity index (χ1) is 13.7. The number of hydrogen-bond donors (Lipinski definition) is 2. The third kappa shape index (κ3) is 4.06. The number of amides is 2. The van der Waals surface area contributed by atoms with Crippen LogP contribution in [0.5, 0.6) is 0 Å². The Labute approximate surface area is 166 Å². The molecule has 152 valence electrons. The second kappa shape index (κ2) is 8.59. The zero-order valence-electron chi connectivity index (χ0n) is 16.4. The molecule has 2 amide bonds. The first-order valence-corrected chi connectivity index (χ1v) is 10.4. The predicted molar refractivity (Wildman–Crippen MR) is 106 cm³/mol. The van der Waals surface area contributed by atoms with Gasteiger partial charge in [-0.25, -0.2) is 0 Å². The smallest absolute Gasteiger partial charge is 0.254 e. The van der Waals surface area contributed by atoms with Crippen molar-refractivity contribution in [2.45, 2.75) is 25.0 Å². The third-order valence-electron chi connectivity index (χ3n) is 6.09. The monoisotopic (exact) mass is 386 g/mol. The average Bonchev–Trinajstić information content (AvgIpc) is 3.34. The number of benzene rings is 1. The molecule has 4 rings (SSSR count). The molecule has 3 saturated heterocycles. The average molecular weight is 386 g/mol. The highest BCUT2D eigenvalue weighted by molar-refractivity contribution is 5.94. The minimum Gasteiger partial charge on any atom is -0.361 e. The topological polar surface area (TPSA) is 73.9 Å². The highest BCUT2D eigenvalue weighted by atomic mass is 16.5. The van der Waals surface area contributed by atoms with Crippen molar-refractivity contribution in [3.8, 4) is 0 Å². The van der Waals surface area contributed by atoms with Crippen molar-refractivity contribution in [1.29, 1.82) is 0 Å². The van der Waals surface area contributed by atoms with Gasteiger partial charge in [0, 0.05) is 39.3 Å². The molecular weight excluding hydrogens is 356 g/mol. The number of carbonyl (C=O) groups excluding carboxylic acids is 2. The van der Waals surface area contributed by atoms with E-state index in [4.69, 9.17) is 4.74 Å². The van der Waals surface area contributed by atoms with E-state index in [1.54, 1.807) is 0 Å². The number of nitrogens with one attached hydrogen (secondary N) is 2. The van der Waals surface area contributed by atoms with Crippen LogP contribution in [0.1, 0.15) is 18.4 Å². The second-order valence-corrected chi connectivity index (χ2v) is 8.04. The molecule has 7 nitrogen and oxygen atoms in total. The number of ether oxygens (including phenoxy) is 1. The molecule has 2 atom stereocenters. The fourth-order valence-corrected chi connectivity index (χ4v) is 4.63. The third-order valence-corrected chi connectivity index (χ3v) is 6.09. The van der Waals surface area contributed by atoms with E-state index in [-0.39, 0.29) is 11.8 Å². The molecule has 1 aromatic rings. The van der Waals surface area contributed by atoms with Gasteiger partial charge in [-0.05, 0) is 31.5 Å². The van der Waals surface area contributed by atoms with Gasteiger partial charge >= 0.3 is 0 Å². The minimum absolute atomic E-state index is 0.0770. The van der Waals surface area contributed by atoms with Crippen LogP contribution in [0.4, 0.5) is 0 Å². The molecule has 3 aliphatic rings. The second-order valence-electron chi connectivity index (χ2n) is 8.04. The molecule has 0 unspecified atom stereocenters. The number of nitrogens with zero attached hydrogens (tertiary/aromatic N) is 2. The Morgan fingerprint density at radius 2 is 2.00 bits per heavy atom. The molecule has 0 aromatic heterocycles. The van der Waals surface area contributed by atoms with Crippen LogP contribution in [0, 0.1) is 5.92 Å². The van der Waals surface area contributed by atoms with E-state index >= 15 is 0 Å². The highest BCUT2D eigenvalue weighted by Crippen LogP contribution is 2.34. The van der Waals surface area contributed by atoms with E-state index in [2.05, 4.69) is 32.6 Å². The first-order valence-electron chi connectivity index (χ1n) is 10.4. The van der Waals surface area contributed by atoms with Crippen LogP contribution in [-0.4, -0.2) is 79.6 Å². The fraction of sp³-hybridized carbons (Fsp3) is 0.619. The fourth-order valence-electron chi connectivity index (χ4n) is 4.63. The van der Waals surface area contributed by atoms with Crippen LogP contribution in [0.15, 0.2) is 30.3 Å². The van der Waals surface area contributed by atoms with Crippen molar-refractivity contribution in [3.05, 3.63) is 35.9 Å². The van der Waals surface area contributed by atoms with Crippen LogP contribution >= 0.6 is 0 Å². The molecule has 0 radical (unpaired) electrons. The summed E-state index contributed by atoms with van der Waals surface area (Å²) in [6, 6.07) is 10.1. The maximum atomic E-state index is 13.0. The SMILES string of the molecule is O=C(NCCN1CCCC1)[C@H]1CN(Cc2ccccc2)C[C@@]12OCCNC2=O. The van der Waals surface area contributed by atoms with Gasteiger partial charge in [0.2, 0.25) is 5.91 Å². The van der Waals surface area contributed by atoms with E-state index in [1.165, 1.54) is 18.4 Å². The maximum Gasteiger partial charge on any atom is 0.254 e. The zero-order valence-corrected chi connectivity index (χ0v) is 16.4. The molecule has 0 saturated carbocycles. The maximum absolute atomic E-state index is 13.0. The van der Waals surface area contributed by atoms with Crippen molar-refractivity contribution in [1.82, 2.24) is 20.4 Å². The predicted octanol–water partition coefficient (Wildman–Crippen LogP) is 0.216. The van der Waals surface area contributed by atoms with Gasteiger partial charge in [0.15, 0.2) is 5.60 Å². The summed E-state index contributed by atoms with van der Waals surface area (Å²) in [5.41, 5.74) is 0.0917. The lowest BCUT2D eigenvalue weighted by Gasteiger charge is -2.36. The largest absolute Gasteiger partial charge is 0.361 e. The molecular formula is C21H30N4O3. The summed E-state index contributed by atoms with van der Waals surface area (Å²) in [6.07, 6.45) is 2.48. The molecule has 7 heteroatoms. The summed E-state index contributed by atoms with van der Waals surface area (Å²) in [5.74, 6) is -0.726. The molecule has 1 aromatic carbocycles. The molecule has 2 N–H and O–H groups in total. The number of rotatable bonds is 6. The first kappa shape index (κ1) is 19.4. The van der Waals surface area contributed by atoms with Gasteiger partial charge in [0.1, 0.15) is 0 Å². The Kier molecular flexibility index (Phi) is 5.94. The summed E-state index contributed by atoms with van der Waals surface area (Å²) < 4.78 is 6.00. The van der Waals surface area contributed by atoms with Crippen LogP contribution in [0.25, 0.3) is 0 Å². The lowest BCUT2D eigenvalue weighted by Crippen LogP contribution is -2.62. The van der Waals surface area contributed by atoms with Crippen LogP contribution < -0.4 is 10.6 Å². The summed E-state index contributed by atoms with van der Waals surface area (Å²) >= 11 is 0. The van der Waals surface area contributed by atoms with E-state index in [9.17, 15) is 9.59 Å². The summed E-state index contributed by atoms with van der Waals surface area (Å²) in [6.45, 7) is 6.33. The molecule has 1 spiro atoms. The number of likely N-dealkylation sites (tertiary alicyclic amines) is 2. The van der Waals surface area contributed by atoms with E-state index < -0.39 is 11.5 Å². The Balaban J connectivity index is 1.42. The number of morpholine rings is 1. The number of hydrogen-bond acceptors (Lipinski definition) is 5. The summed E-state index contributed by atoms with van der Waals surface area (Å²) in [7, 11) is 0. The molecule has 3 heterocycles. The van der Waals surface area contributed by atoms with Crippen molar-refractivity contribution < 1.29 is 14.3 Å². The van der Waals surface area contributed by atoms with Crippen molar-refractivity contribution in [3.63, 3.8) is 0 Å². The van der Waals surface area contributed by atoms with Gasteiger partial charge in [0.25, 0.3) is 5.91 Å². The van der Waals surface area contributed by atoms with Crippen molar-refractivity contribution in [2.75, 3.05) is 52.4 Å².